The van der Waals surface area contributed by atoms with Gasteiger partial charge in [0.05, 0.1) is 0 Å². The second-order valence-electron chi connectivity index (χ2n) is 7.95. The summed E-state index contributed by atoms with van der Waals surface area (Å²) >= 11 is 0. The summed E-state index contributed by atoms with van der Waals surface area (Å²) in [4.78, 5) is 39.7. The van der Waals surface area contributed by atoms with Crippen LogP contribution in [0.4, 0.5) is 0 Å². The molecule has 0 radical (unpaired) electrons. The Labute approximate surface area is 187 Å². The van der Waals surface area contributed by atoms with E-state index in [1.54, 1.807) is 30.3 Å². The van der Waals surface area contributed by atoms with Gasteiger partial charge in [-0.15, -0.1) is 0 Å². The van der Waals surface area contributed by atoms with Crippen molar-refractivity contribution in [3.05, 3.63) is 131 Å². The van der Waals surface area contributed by atoms with Crippen molar-refractivity contribution < 1.29 is 14.4 Å². The predicted octanol–water partition coefficient (Wildman–Crippen LogP) is 4.76. The first-order valence-corrected chi connectivity index (χ1v) is 12.5. The molecule has 3 aromatic rings. The fourth-order valence-electron chi connectivity index (χ4n) is 4.75. The molecule has 0 bridgehead atoms. The van der Waals surface area contributed by atoms with Crippen LogP contribution >= 0.6 is 7.26 Å². The van der Waals surface area contributed by atoms with Crippen molar-refractivity contribution >= 4 is 35.2 Å². The Kier molecular flexibility index (Phi) is 5.13. The summed E-state index contributed by atoms with van der Waals surface area (Å²) < 4.78 is 0. The van der Waals surface area contributed by atoms with Crippen LogP contribution in [0.2, 0.25) is 0 Å². The molecule has 0 saturated carbocycles. The molecule has 3 nitrogen and oxygen atoms in total. The van der Waals surface area contributed by atoms with E-state index in [4.69, 9.17) is 0 Å². The first-order chi connectivity index (χ1) is 15.6. The number of carbonyl (C=O) groups is 3. The zero-order chi connectivity index (χ0) is 22.1. The van der Waals surface area contributed by atoms with Gasteiger partial charge in [0.2, 0.25) is 0 Å². The summed E-state index contributed by atoms with van der Waals surface area (Å²) in [7, 11) is -3.22. The molecule has 5 rings (SSSR count). The van der Waals surface area contributed by atoms with E-state index in [2.05, 4.69) is 0 Å². The standard InChI is InChI=1S/C28H21O3P/c29-20-10-9-15-23(18-20)32(21-11-3-1-4-12-21,22-13-5-2-6-14-22)27-19-26(30)24-16-7-8-17-25(24)28(27)31/h1-9,11-19,32H,10H2. The van der Waals surface area contributed by atoms with Gasteiger partial charge in [0, 0.05) is 0 Å². The minimum absolute atomic E-state index is 0.00169. The van der Waals surface area contributed by atoms with Crippen LogP contribution < -0.4 is 10.6 Å². The van der Waals surface area contributed by atoms with E-state index in [0.29, 0.717) is 22.9 Å². The molecular formula is C28H21O3P. The number of fused-ring (bicyclic) bond motifs is 1. The Balaban J connectivity index is 1.89. The summed E-state index contributed by atoms with van der Waals surface area (Å²) in [6.45, 7) is 0. The number of hydrogen-bond donors (Lipinski definition) is 0. The van der Waals surface area contributed by atoms with Crippen molar-refractivity contribution in [3.63, 3.8) is 0 Å². The normalized spacial score (nSPS) is 16.3. The average molecular weight is 436 g/mol. The predicted molar refractivity (Wildman–Crippen MR) is 130 cm³/mol. The van der Waals surface area contributed by atoms with E-state index in [0.717, 1.165) is 15.9 Å². The molecule has 0 saturated heterocycles. The number of hydrogen-bond acceptors (Lipinski definition) is 3. The second-order valence-corrected chi connectivity index (χ2v) is 11.7. The number of benzene rings is 3. The molecule has 0 heterocycles. The topological polar surface area (TPSA) is 51.2 Å². The van der Waals surface area contributed by atoms with Gasteiger partial charge in [0.25, 0.3) is 0 Å². The first-order valence-electron chi connectivity index (χ1n) is 10.5. The molecule has 3 aromatic carbocycles. The van der Waals surface area contributed by atoms with Gasteiger partial charge >= 0.3 is 187 Å². The van der Waals surface area contributed by atoms with Crippen LogP contribution in [0.1, 0.15) is 27.1 Å². The van der Waals surface area contributed by atoms with Gasteiger partial charge in [-0.25, -0.2) is 0 Å². The molecule has 4 heteroatoms. The third-order valence-corrected chi connectivity index (χ3v) is 10.9. The molecule has 32 heavy (non-hydrogen) atoms. The Morgan fingerprint density at radius 3 is 1.78 bits per heavy atom. The number of rotatable bonds is 4. The summed E-state index contributed by atoms with van der Waals surface area (Å²) in [5.74, 6) is -0.320. The third-order valence-electron chi connectivity index (χ3n) is 6.14. The van der Waals surface area contributed by atoms with Crippen molar-refractivity contribution in [2.24, 2.45) is 0 Å². The van der Waals surface area contributed by atoms with E-state index >= 15 is 0 Å². The van der Waals surface area contributed by atoms with Crippen LogP contribution in [-0.2, 0) is 4.79 Å². The molecule has 0 atom stereocenters. The average Bonchev–Trinajstić information content (AvgIpc) is 2.84. The van der Waals surface area contributed by atoms with E-state index in [9.17, 15) is 14.4 Å². The van der Waals surface area contributed by atoms with Crippen LogP contribution in [0.15, 0.2) is 120 Å². The van der Waals surface area contributed by atoms with Gasteiger partial charge in [-0.2, -0.15) is 0 Å². The monoisotopic (exact) mass is 436 g/mol. The van der Waals surface area contributed by atoms with E-state index < -0.39 is 7.26 Å². The maximum absolute atomic E-state index is 14.0. The summed E-state index contributed by atoms with van der Waals surface area (Å²) in [6, 6.07) is 26.6. The summed E-state index contributed by atoms with van der Waals surface area (Å²) in [6.07, 6.45) is 7.35. The number of ketones is 3. The van der Waals surface area contributed by atoms with Crippen molar-refractivity contribution in [2.45, 2.75) is 6.42 Å². The maximum atomic E-state index is 14.0. The number of allylic oxidation sites excluding steroid dienone is 6. The summed E-state index contributed by atoms with van der Waals surface area (Å²) in [5, 5.41) is 3.23. The van der Waals surface area contributed by atoms with Gasteiger partial charge in [0.1, 0.15) is 0 Å². The zero-order valence-electron chi connectivity index (χ0n) is 17.3. The SMILES string of the molecule is O=C1C=C([PH](C2=CC(=O)c3ccccc3C2=O)(c2ccccc2)c2ccccc2)C=CC1. The molecule has 0 spiro atoms. The Hall–Kier alpha value is -3.68. The molecule has 156 valence electrons. The minimum atomic E-state index is -3.22. The molecule has 2 aliphatic rings. The fraction of sp³-hybridized carbons (Fsp3) is 0.0357. The van der Waals surface area contributed by atoms with Crippen molar-refractivity contribution in [2.75, 3.05) is 0 Å². The molecule has 0 aromatic heterocycles. The third kappa shape index (κ3) is 3.14. The molecule has 2 aliphatic carbocycles. The van der Waals surface area contributed by atoms with Crippen molar-refractivity contribution in [1.29, 1.82) is 0 Å². The van der Waals surface area contributed by atoms with Gasteiger partial charge < -0.3 is 0 Å². The molecule has 0 fully saturated rings. The van der Waals surface area contributed by atoms with Crippen LogP contribution in [-0.4, -0.2) is 17.3 Å². The van der Waals surface area contributed by atoms with E-state index in [1.807, 2.05) is 72.8 Å². The zero-order valence-corrected chi connectivity index (χ0v) is 18.3. The first kappa shape index (κ1) is 20.2. The van der Waals surface area contributed by atoms with Crippen molar-refractivity contribution in [1.82, 2.24) is 0 Å². The number of Topliss-reactive ketones (excluding diaryl/α,β-unsaturated/α-hetero) is 1. The molecule has 0 unspecified atom stereocenters. The van der Waals surface area contributed by atoms with Gasteiger partial charge in [-0.3, -0.25) is 0 Å². The van der Waals surface area contributed by atoms with Crippen molar-refractivity contribution in [3.8, 4) is 0 Å². The van der Waals surface area contributed by atoms with Crippen LogP contribution in [0.3, 0.4) is 0 Å². The Morgan fingerprint density at radius 2 is 1.19 bits per heavy atom. The van der Waals surface area contributed by atoms with Gasteiger partial charge in [-0.05, 0) is 0 Å². The van der Waals surface area contributed by atoms with Crippen LogP contribution in [0.5, 0.6) is 0 Å². The molecule has 0 amide bonds. The van der Waals surface area contributed by atoms with E-state index in [-0.39, 0.29) is 17.3 Å². The number of carbonyl (C=O) groups excluding carboxylic acids is 3. The molecule has 0 N–H and O–H groups in total. The van der Waals surface area contributed by atoms with Crippen LogP contribution in [0, 0.1) is 0 Å². The Morgan fingerprint density at radius 1 is 0.625 bits per heavy atom. The molecular weight excluding hydrogens is 415 g/mol. The second kappa shape index (κ2) is 8.11. The Bertz CT molecular complexity index is 1290. The van der Waals surface area contributed by atoms with Crippen LogP contribution in [0.25, 0.3) is 0 Å². The molecule has 0 aliphatic heterocycles. The van der Waals surface area contributed by atoms with Gasteiger partial charge in [0.15, 0.2) is 0 Å². The van der Waals surface area contributed by atoms with Gasteiger partial charge in [-0.1, -0.05) is 0 Å². The fourth-order valence-corrected chi connectivity index (χ4v) is 9.64. The van der Waals surface area contributed by atoms with E-state index in [1.165, 1.54) is 6.08 Å². The summed E-state index contributed by atoms with van der Waals surface area (Å²) in [5.41, 5.74) is 0.847. The quantitative estimate of drug-likeness (QED) is 0.554.